The highest BCUT2D eigenvalue weighted by atomic mass is 79.9. The van der Waals surface area contributed by atoms with Crippen molar-refractivity contribution in [2.45, 2.75) is 13.3 Å². The number of hydrogen-bond acceptors (Lipinski definition) is 1. The van der Waals surface area contributed by atoms with E-state index in [1.165, 1.54) is 6.07 Å². The molecule has 0 saturated carbocycles. The smallest absolute Gasteiger partial charge is 0.167 e. The third-order valence-corrected chi connectivity index (χ3v) is 4.38. The van der Waals surface area contributed by atoms with Crippen molar-refractivity contribution in [3.63, 3.8) is 0 Å². The van der Waals surface area contributed by atoms with Gasteiger partial charge in [0.25, 0.3) is 0 Å². The Bertz CT molecular complexity index is 638. The van der Waals surface area contributed by atoms with E-state index in [-0.39, 0.29) is 18.0 Å². The highest BCUT2D eigenvalue weighted by Gasteiger charge is 2.12. The van der Waals surface area contributed by atoms with Gasteiger partial charge in [0.15, 0.2) is 5.78 Å². The predicted octanol–water partition coefficient (Wildman–Crippen LogP) is 5.08. The number of rotatable bonds is 3. The van der Waals surface area contributed by atoms with E-state index in [9.17, 15) is 9.18 Å². The van der Waals surface area contributed by atoms with Gasteiger partial charge in [0.2, 0.25) is 0 Å². The lowest BCUT2D eigenvalue weighted by molar-refractivity contribution is 0.0992. The van der Waals surface area contributed by atoms with Gasteiger partial charge in [0.05, 0.1) is 4.47 Å². The standard InChI is InChI=1S/C15H11Br2FO/c1-9-11(3-2-4-12(9)16)15(19)8-10-5-6-14(18)13(17)7-10/h2-7H,8H2,1H3. The fraction of sp³-hybridized carbons (Fsp3) is 0.133. The number of ketones is 1. The van der Waals surface area contributed by atoms with E-state index < -0.39 is 0 Å². The first-order valence-electron chi connectivity index (χ1n) is 5.71. The van der Waals surface area contributed by atoms with Gasteiger partial charge < -0.3 is 0 Å². The predicted molar refractivity (Wildman–Crippen MR) is 81.0 cm³/mol. The van der Waals surface area contributed by atoms with Gasteiger partial charge in [-0.3, -0.25) is 4.79 Å². The fourth-order valence-electron chi connectivity index (χ4n) is 1.84. The van der Waals surface area contributed by atoms with Gasteiger partial charge in [-0.25, -0.2) is 4.39 Å². The van der Waals surface area contributed by atoms with Crippen LogP contribution in [0.25, 0.3) is 0 Å². The molecule has 2 aromatic carbocycles. The summed E-state index contributed by atoms with van der Waals surface area (Å²) in [5, 5.41) is 0. The van der Waals surface area contributed by atoms with Gasteiger partial charge >= 0.3 is 0 Å². The Labute approximate surface area is 128 Å². The monoisotopic (exact) mass is 384 g/mol. The third-order valence-electron chi connectivity index (χ3n) is 2.92. The van der Waals surface area contributed by atoms with E-state index in [2.05, 4.69) is 31.9 Å². The first-order chi connectivity index (χ1) is 8.99. The van der Waals surface area contributed by atoms with Gasteiger partial charge in [-0.2, -0.15) is 0 Å². The molecule has 0 aliphatic heterocycles. The van der Waals surface area contributed by atoms with Gasteiger partial charge in [0, 0.05) is 16.5 Å². The Morgan fingerprint density at radius 2 is 1.89 bits per heavy atom. The number of hydrogen-bond donors (Lipinski definition) is 0. The average Bonchev–Trinajstić information content (AvgIpc) is 2.37. The van der Waals surface area contributed by atoms with Crippen LogP contribution < -0.4 is 0 Å². The Morgan fingerprint density at radius 1 is 1.16 bits per heavy atom. The highest BCUT2D eigenvalue weighted by molar-refractivity contribution is 9.10. The Morgan fingerprint density at radius 3 is 2.58 bits per heavy atom. The number of benzene rings is 2. The van der Waals surface area contributed by atoms with Crippen LogP contribution in [0.1, 0.15) is 21.5 Å². The van der Waals surface area contributed by atoms with Crippen molar-refractivity contribution in [3.05, 3.63) is 67.9 Å². The minimum absolute atomic E-state index is 0.0253. The summed E-state index contributed by atoms with van der Waals surface area (Å²) in [6, 6.07) is 10.2. The van der Waals surface area contributed by atoms with Crippen molar-refractivity contribution < 1.29 is 9.18 Å². The van der Waals surface area contributed by atoms with Crippen LogP contribution in [0, 0.1) is 12.7 Å². The molecule has 0 radical (unpaired) electrons. The summed E-state index contributed by atoms with van der Waals surface area (Å²) in [4.78, 5) is 12.3. The van der Waals surface area contributed by atoms with Crippen LogP contribution in [-0.4, -0.2) is 5.78 Å². The summed E-state index contributed by atoms with van der Waals surface area (Å²) >= 11 is 6.54. The molecular weight excluding hydrogens is 375 g/mol. The highest BCUT2D eigenvalue weighted by Crippen LogP contribution is 2.22. The second-order valence-corrected chi connectivity index (χ2v) is 5.97. The average molecular weight is 386 g/mol. The van der Waals surface area contributed by atoms with E-state index in [4.69, 9.17) is 0 Å². The largest absolute Gasteiger partial charge is 0.294 e. The number of carbonyl (C=O) groups excluding carboxylic acids is 1. The first kappa shape index (κ1) is 14.4. The first-order valence-corrected chi connectivity index (χ1v) is 7.30. The third kappa shape index (κ3) is 3.31. The molecule has 0 aliphatic rings. The van der Waals surface area contributed by atoms with Crippen LogP contribution in [0.15, 0.2) is 45.3 Å². The van der Waals surface area contributed by atoms with E-state index >= 15 is 0 Å². The molecule has 0 unspecified atom stereocenters. The summed E-state index contributed by atoms with van der Waals surface area (Å²) in [5.74, 6) is -0.299. The summed E-state index contributed by atoms with van der Waals surface area (Å²) in [7, 11) is 0. The van der Waals surface area contributed by atoms with Crippen molar-refractivity contribution >= 4 is 37.6 Å². The molecule has 1 nitrogen and oxygen atoms in total. The van der Waals surface area contributed by atoms with Gasteiger partial charge in [0.1, 0.15) is 5.82 Å². The lowest BCUT2D eigenvalue weighted by Gasteiger charge is -2.07. The molecule has 0 heterocycles. The summed E-state index contributed by atoms with van der Waals surface area (Å²) in [5.41, 5.74) is 2.40. The molecule has 98 valence electrons. The van der Waals surface area contributed by atoms with E-state index in [1.807, 2.05) is 19.1 Å². The van der Waals surface area contributed by atoms with Crippen molar-refractivity contribution in [2.24, 2.45) is 0 Å². The van der Waals surface area contributed by atoms with E-state index in [0.717, 1.165) is 15.6 Å². The second-order valence-electron chi connectivity index (χ2n) is 4.26. The lowest BCUT2D eigenvalue weighted by atomic mass is 9.99. The van der Waals surface area contributed by atoms with Crippen LogP contribution >= 0.6 is 31.9 Å². The topological polar surface area (TPSA) is 17.1 Å². The minimum Gasteiger partial charge on any atom is -0.294 e. The Kier molecular flexibility index (Phi) is 4.53. The van der Waals surface area contributed by atoms with Gasteiger partial charge in [-0.1, -0.05) is 34.1 Å². The van der Waals surface area contributed by atoms with Crippen LogP contribution in [0.5, 0.6) is 0 Å². The Balaban J connectivity index is 2.26. The van der Waals surface area contributed by atoms with Crippen LogP contribution in [-0.2, 0) is 6.42 Å². The van der Waals surface area contributed by atoms with Crippen molar-refractivity contribution in [1.29, 1.82) is 0 Å². The molecule has 0 saturated heterocycles. The molecule has 0 amide bonds. The number of carbonyl (C=O) groups is 1. The molecule has 2 rings (SSSR count). The maximum absolute atomic E-state index is 13.1. The quantitative estimate of drug-likeness (QED) is 0.673. The zero-order valence-electron chi connectivity index (χ0n) is 10.2. The minimum atomic E-state index is -0.324. The molecular formula is C15H11Br2FO. The molecule has 0 spiro atoms. The van der Waals surface area contributed by atoms with E-state index in [1.54, 1.807) is 18.2 Å². The Hall–Kier alpha value is -1.00. The molecule has 0 aliphatic carbocycles. The molecule has 2 aromatic rings. The summed E-state index contributed by atoms with van der Waals surface area (Å²) in [6.07, 6.45) is 0.260. The fourth-order valence-corrected chi connectivity index (χ4v) is 2.63. The maximum atomic E-state index is 13.1. The number of Topliss-reactive ketones (excluding diaryl/α,β-unsaturated/α-hetero) is 1. The zero-order valence-corrected chi connectivity index (χ0v) is 13.4. The van der Waals surface area contributed by atoms with Crippen LogP contribution in [0.2, 0.25) is 0 Å². The molecule has 0 atom stereocenters. The molecule has 0 fully saturated rings. The second kappa shape index (κ2) is 5.97. The SMILES string of the molecule is Cc1c(Br)cccc1C(=O)Cc1ccc(F)c(Br)c1. The summed E-state index contributed by atoms with van der Waals surface area (Å²) in [6.45, 7) is 1.90. The molecule has 4 heteroatoms. The van der Waals surface area contributed by atoms with Crippen molar-refractivity contribution in [1.82, 2.24) is 0 Å². The van der Waals surface area contributed by atoms with Gasteiger partial charge in [-0.05, 0) is 52.2 Å². The molecule has 0 bridgehead atoms. The molecule has 0 aromatic heterocycles. The summed E-state index contributed by atoms with van der Waals surface area (Å²) < 4.78 is 14.4. The molecule has 0 N–H and O–H groups in total. The lowest BCUT2D eigenvalue weighted by Crippen LogP contribution is -2.06. The van der Waals surface area contributed by atoms with E-state index in [0.29, 0.717) is 10.0 Å². The van der Waals surface area contributed by atoms with Crippen LogP contribution in [0.3, 0.4) is 0 Å². The zero-order chi connectivity index (χ0) is 14.0. The van der Waals surface area contributed by atoms with Crippen LogP contribution in [0.4, 0.5) is 4.39 Å². The van der Waals surface area contributed by atoms with Crippen molar-refractivity contribution in [3.8, 4) is 0 Å². The normalized spacial score (nSPS) is 10.5. The molecule has 19 heavy (non-hydrogen) atoms. The van der Waals surface area contributed by atoms with Gasteiger partial charge in [-0.15, -0.1) is 0 Å². The van der Waals surface area contributed by atoms with Crippen molar-refractivity contribution in [2.75, 3.05) is 0 Å². The number of halogens is 3. The maximum Gasteiger partial charge on any atom is 0.167 e.